The molecule has 0 aliphatic carbocycles. The van der Waals surface area contributed by atoms with E-state index in [9.17, 15) is 4.79 Å². The number of nitrogens with one attached hydrogen (secondary N) is 1. The second-order valence-corrected chi connectivity index (χ2v) is 4.56. The van der Waals surface area contributed by atoms with Crippen molar-refractivity contribution in [2.24, 2.45) is 11.8 Å². The van der Waals surface area contributed by atoms with Crippen molar-refractivity contribution in [3.05, 3.63) is 22.7 Å². The first-order chi connectivity index (χ1) is 9.08. The first-order valence-electron chi connectivity index (χ1n) is 6.22. The largest absolute Gasteiger partial charge is 0.394 e. The average molecular weight is 256 g/mol. The van der Waals surface area contributed by atoms with Crippen molar-refractivity contribution in [2.75, 3.05) is 12.1 Å². The Bertz CT molecular complexity index is 495. The van der Waals surface area contributed by atoms with Gasteiger partial charge in [-0.25, -0.2) is 4.79 Å². The molecule has 0 saturated carbocycles. The minimum atomic E-state index is -0.504. The zero-order valence-corrected chi connectivity index (χ0v) is 10.2. The van der Waals surface area contributed by atoms with E-state index < -0.39 is 11.9 Å². The molecule has 1 saturated heterocycles. The Morgan fingerprint density at radius 2 is 2.39 bits per heavy atom. The summed E-state index contributed by atoms with van der Waals surface area (Å²) in [4.78, 5) is 15.5. The Morgan fingerprint density at radius 3 is 3.00 bits per heavy atom. The molecule has 1 aliphatic heterocycles. The lowest BCUT2D eigenvalue weighted by atomic mass is 9.93. The Labute approximate surface area is 105 Å². The number of anilines is 1. The molecule has 2 rings (SSSR count). The summed E-state index contributed by atoms with van der Waals surface area (Å²) < 4.78 is 13.9. The average Bonchev–Trinajstić information content (AvgIpc) is 2.67. The van der Waals surface area contributed by atoms with Crippen molar-refractivity contribution in [1.29, 1.82) is 1.43 Å². The fraction of sp³-hybridized carbons (Fsp3) is 0.636. The van der Waals surface area contributed by atoms with E-state index in [1.54, 1.807) is 0 Å². The van der Waals surface area contributed by atoms with Gasteiger partial charge in [-0.3, -0.25) is 15.3 Å². The van der Waals surface area contributed by atoms with E-state index in [1.165, 1.54) is 16.8 Å². The third-order valence-corrected chi connectivity index (χ3v) is 3.56. The van der Waals surface area contributed by atoms with Crippen LogP contribution in [0.3, 0.4) is 0 Å². The molecule has 1 aliphatic rings. The van der Waals surface area contributed by atoms with Gasteiger partial charge in [0.05, 0.1) is 12.7 Å². The number of hydrogen-bond donors (Lipinski definition) is 3. The van der Waals surface area contributed by atoms with Crippen molar-refractivity contribution < 1.29 is 15.1 Å². The van der Waals surface area contributed by atoms with Crippen LogP contribution in [0.5, 0.6) is 0 Å². The molecular weight excluding hydrogens is 238 g/mol. The van der Waals surface area contributed by atoms with Crippen LogP contribution in [-0.2, 0) is 4.74 Å². The molecule has 4 atom stereocenters. The lowest BCUT2D eigenvalue weighted by Gasteiger charge is -2.18. The fourth-order valence-corrected chi connectivity index (χ4v) is 2.20. The van der Waals surface area contributed by atoms with E-state index in [0.717, 1.165) is 0 Å². The van der Waals surface area contributed by atoms with Crippen molar-refractivity contribution in [1.82, 2.24) is 9.55 Å². The van der Waals surface area contributed by atoms with Gasteiger partial charge in [-0.15, -0.1) is 0 Å². The van der Waals surface area contributed by atoms with E-state index >= 15 is 0 Å². The van der Waals surface area contributed by atoms with Gasteiger partial charge in [0.2, 0.25) is 1.43 Å². The molecule has 7 heteroatoms. The van der Waals surface area contributed by atoms with Gasteiger partial charge in [0.25, 0.3) is 0 Å². The third kappa shape index (κ3) is 2.12. The standard InChI is InChI=1S/C11H17N3O4/c1-6-7(2)10(18-8(6)5-15)14-4-3-9(13-17)12-11(14)16/h3-4,6-8,10,15,17H,5H2,1-2H3,(H,12,13,16)/t6-,7?,8-,10-/m1/s1/i15D. The monoisotopic (exact) mass is 256 g/mol. The molecule has 3 N–H and O–H groups in total. The summed E-state index contributed by atoms with van der Waals surface area (Å²) in [5.41, 5.74) is 1.32. The lowest BCUT2D eigenvalue weighted by molar-refractivity contribution is -0.0375. The van der Waals surface area contributed by atoms with E-state index in [2.05, 4.69) is 10.1 Å². The van der Waals surface area contributed by atoms with Crippen LogP contribution in [0.4, 0.5) is 5.82 Å². The number of ether oxygens (including phenoxy) is 1. The predicted molar refractivity (Wildman–Crippen MR) is 63.2 cm³/mol. The van der Waals surface area contributed by atoms with Gasteiger partial charge in [-0.2, -0.15) is 4.98 Å². The van der Waals surface area contributed by atoms with E-state index in [1.807, 2.05) is 19.3 Å². The predicted octanol–water partition coefficient (Wildman–Crippen LogP) is 0.206. The molecule has 0 radical (unpaired) electrons. The van der Waals surface area contributed by atoms with E-state index in [4.69, 9.17) is 11.4 Å². The molecule has 1 fully saturated rings. The molecular formula is C11H17N3O4. The number of rotatable bonds is 4. The first kappa shape index (κ1) is 11.6. The summed E-state index contributed by atoms with van der Waals surface area (Å²) in [6.45, 7) is 4.14. The van der Waals surface area contributed by atoms with Crippen LogP contribution in [0, 0.1) is 11.8 Å². The molecule has 7 nitrogen and oxygen atoms in total. The lowest BCUT2D eigenvalue weighted by Crippen LogP contribution is -2.29. The zero-order chi connectivity index (χ0) is 14.0. The minimum absolute atomic E-state index is 0.0889. The smallest absolute Gasteiger partial charge is 0.351 e. The molecule has 1 unspecified atom stereocenters. The van der Waals surface area contributed by atoms with Crippen molar-refractivity contribution in [3.8, 4) is 0 Å². The van der Waals surface area contributed by atoms with Crippen molar-refractivity contribution in [2.45, 2.75) is 26.2 Å². The highest BCUT2D eigenvalue weighted by Gasteiger charge is 2.40. The topological polar surface area (TPSA) is 96.6 Å². The van der Waals surface area contributed by atoms with Gasteiger partial charge >= 0.3 is 5.69 Å². The van der Waals surface area contributed by atoms with Gasteiger partial charge in [-0.1, -0.05) is 13.8 Å². The Hall–Kier alpha value is -1.44. The number of aromatic nitrogens is 2. The van der Waals surface area contributed by atoms with Crippen LogP contribution in [-0.4, -0.2) is 34.0 Å². The van der Waals surface area contributed by atoms with Crippen LogP contribution in [0.1, 0.15) is 20.1 Å². The fourth-order valence-electron chi connectivity index (χ4n) is 2.20. The van der Waals surface area contributed by atoms with Crippen LogP contribution in [0.25, 0.3) is 0 Å². The highest BCUT2D eigenvalue weighted by atomic mass is 16.5. The molecule has 1 aromatic heterocycles. The van der Waals surface area contributed by atoms with E-state index in [0.29, 0.717) is 0 Å². The first-order valence-corrected chi connectivity index (χ1v) is 5.81. The molecule has 0 aromatic carbocycles. The molecule has 2 heterocycles. The summed E-state index contributed by atoms with van der Waals surface area (Å²) in [6.07, 6.45) is 0.856. The summed E-state index contributed by atoms with van der Waals surface area (Å²) in [6, 6.07) is 1.48. The number of hydrogen-bond acceptors (Lipinski definition) is 6. The summed E-state index contributed by atoms with van der Waals surface area (Å²) in [7, 11) is 0. The Morgan fingerprint density at radius 1 is 1.61 bits per heavy atom. The SMILES string of the molecule is [2H]OC[C@H]1O[C@@H](n2ccc(NO)nc2=O)C(C)[C@H]1C. The second-order valence-electron chi connectivity index (χ2n) is 4.56. The summed E-state index contributed by atoms with van der Waals surface area (Å²) in [5.74, 6) is 0.344. The van der Waals surface area contributed by atoms with E-state index in [-0.39, 0.29) is 30.4 Å². The van der Waals surface area contributed by atoms with Gasteiger partial charge in [0.15, 0.2) is 5.82 Å². The maximum absolute atomic E-state index is 11.9. The molecule has 1 aromatic rings. The molecule has 0 spiro atoms. The minimum Gasteiger partial charge on any atom is -0.394 e. The van der Waals surface area contributed by atoms with Crippen molar-refractivity contribution >= 4 is 5.82 Å². The summed E-state index contributed by atoms with van der Waals surface area (Å²) in [5, 5.41) is 13.1. The number of nitrogens with zero attached hydrogens (tertiary/aromatic N) is 2. The molecule has 100 valence electrons. The third-order valence-electron chi connectivity index (χ3n) is 3.56. The normalized spacial score (nSPS) is 32.3. The molecule has 0 amide bonds. The zero-order valence-electron chi connectivity index (χ0n) is 11.2. The van der Waals surface area contributed by atoms with Crippen LogP contribution < -0.4 is 11.2 Å². The highest BCUT2D eigenvalue weighted by Crippen LogP contribution is 2.37. The number of aliphatic hydroxyl groups is 1. The second kappa shape index (κ2) is 5.05. The number of aliphatic hydroxyl groups excluding tert-OH is 1. The summed E-state index contributed by atoms with van der Waals surface area (Å²) >= 11 is 0. The van der Waals surface area contributed by atoms with Crippen molar-refractivity contribution in [3.63, 3.8) is 0 Å². The van der Waals surface area contributed by atoms with Gasteiger partial charge < -0.3 is 9.85 Å². The van der Waals surface area contributed by atoms with Gasteiger partial charge in [0, 0.05) is 12.1 Å². The highest BCUT2D eigenvalue weighted by molar-refractivity contribution is 5.28. The van der Waals surface area contributed by atoms with Crippen LogP contribution in [0.15, 0.2) is 17.1 Å². The molecule has 18 heavy (non-hydrogen) atoms. The van der Waals surface area contributed by atoms with Crippen LogP contribution >= 0.6 is 0 Å². The maximum atomic E-state index is 11.9. The Kier molecular flexibility index (Phi) is 3.26. The quantitative estimate of drug-likeness (QED) is 0.666. The van der Waals surface area contributed by atoms with Gasteiger partial charge in [-0.05, 0) is 12.0 Å². The molecule has 0 bridgehead atoms. The maximum Gasteiger partial charge on any atom is 0.351 e. The van der Waals surface area contributed by atoms with Gasteiger partial charge in [0.1, 0.15) is 6.23 Å². The van der Waals surface area contributed by atoms with Crippen LogP contribution in [0.2, 0.25) is 0 Å². The Balaban J connectivity index is 2.25.